The number of amides is 1. The van der Waals surface area contributed by atoms with Crippen molar-refractivity contribution >= 4 is 29.5 Å². The summed E-state index contributed by atoms with van der Waals surface area (Å²) in [5.41, 5.74) is 0.932. The van der Waals surface area contributed by atoms with Gasteiger partial charge in [-0.15, -0.1) is 12.4 Å². The molecule has 0 radical (unpaired) electrons. The third-order valence-corrected chi connectivity index (χ3v) is 5.22. The molecule has 6 nitrogen and oxygen atoms in total. The number of carbonyl (C=O) groups is 1. The van der Waals surface area contributed by atoms with Crippen LogP contribution in [0.25, 0.3) is 11.0 Å². The van der Waals surface area contributed by atoms with E-state index in [1.54, 1.807) is 12.1 Å². The van der Waals surface area contributed by atoms with E-state index in [1.807, 2.05) is 12.1 Å². The number of aromatic amines is 1. The largest absolute Gasteiger partial charge is 0.334 e. The second-order valence-corrected chi connectivity index (χ2v) is 6.45. The van der Waals surface area contributed by atoms with Gasteiger partial charge in [-0.25, -0.2) is 14.2 Å². The molecule has 3 heterocycles. The van der Waals surface area contributed by atoms with Crippen LogP contribution in [0.5, 0.6) is 0 Å². The minimum absolute atomic E-state index is 0. The van der Waals surface area contributed by atoms with Crippen LogP contribution in [0.4, 0.5) is 4.79 Å². The van der Waals surface area contributed by atoms with Crippen molar-refractivity contribution in [3.63, 3.8) is 0 Å². The Morgan fingerprint density at radius 2 is 1.87 bits per heavy atom. The molecule has 2 N–H and O–H groups in total. The van der Waals surface area contributed by atoms with Gasteiger partial charge in [0, 0.05) is 18.1 Å². The number of benzene rings is 1. The maximum absolute atomic E-state index is 12.5. The molecule has 3 atom stereocenters. The Bertz CT molecular complexity index is 770. The number of rotatable bonds is 1. The van der Waals surface area contributed by atoms with Gasteiger partial charge in [0.05, 0.1) is 11.0 Å². The molecule has 0 spiro atoms. The predicted molar refractivity (Wildman–Crippen MR) is 91.3 cm³/mol. The highest BCUT2D eigenvalue weighted by Gasteiger charge is 2.39. The molecule has 23 heavy (non-hydrogen) atoms. The number of imidazole rings is 1. The topological polar surface area (TPSA) is 70.1 Å². The highest BCUT2D eigenvalue weighted by molar-refractivity contribution is 5.89. The fourth-order valence-electron chi connectivity index (χ4n) is 4.02. The van der Waals surface area contributed by atoms with Crippen molar-refractivity contribution in [1.29, 1.82) is 0 Å². The number of H-pyrrole nitrogens is 1. The predicted octanol–water partition coefficient (Wildman–Crippen LogP) is 1.93. The van der Waals surface area contributed by atoms with E-state index in [0.717, 1.165) is 12.8 Å². The van der Waals surface area contributed by atoms with Crippen LogP contribution in [0.3, 0.4) is 0 Å². The highest BCUT2D eigenvalue weighted by atomic mass is 35.5. The molecule has 2 saturated heterocycles. The second-order valence-electron chi connectivity index (χ2n) is 6.45. The van der Waals surface area contributed by atoms with Gasteiger partial charge in [-0.3, -0.25) is 0 Å². The van der Waals surface area contributed by atoms with Gasteiger partial charge in [0.2, 0.25) is 0 Å². The zero-order valence-corrected chi connectivity index (χ0v) is 13.8. The summed E-state index contributed by atoms with van der Waals surface area (Å²) in [5, 5.41) is 3.05. The molecule has 1 amide bonds. The Morgan fingerprint density at radius 3 is 2.57 bits per heavy atom. The van der Waals surface area contributed by atoms with Gasteiger partial charge in [-0.05, 0) is 44.9 Å². The fourth-order valence-corrected chi connectivity index (χ4v) is 4.02. The molecule has 2 bridgehead atoms. The zero-order chi connectivity index (χ0) is 15.3. The summed E-state index contributed by atoms with van der Waals surface area (Å²) in [6.45, 7) is 0. The quantitative estimate of drug-likeness (QED) is 0.836. The lowest BCUT2D eigenvalue weighted by Gasteiger charge is -2.36. The molecule has 2 fully saturated rings. The Balaban J connectivity index is 0.00000156. The number of halogens is 1. The van der Waals surface area contributed by atoms with E-state index in [1.165, 1.54) is 17.4 Å². The smallest absolute Gasteiger partial charge is 0.334 e. The van der Waals surface area contributed by atoms with Crippen LogP contribution in [0, 0.1) is 0 Å². The highest BCUT2D eigenvalue weighted by Crippen LogP contribution is 2.34. The van der Waals surface area contributed by atoms with Crippen molar-refractivity contribution in [2.24, 2.45) is 0 Å². The number of para-hydroxylation sites is 2. The normalized spacial score (nSPS) is 26.9. The molecule has 4 rings (SSSR count). The fraction of sp³-hybridized carbons (Fsp3) is 0.500. The molecule has 2 aliphatic heterocycles. The molecule has 1 aromatic heterocycles. The summed E-state index contributed by atoms with van der Waals surface area (Å²) < 4.78 is 1.20. The Labute approximate surface area is 140 Å². The average molecular weight is 337 g/mol. The van der Waals surface area contributed by atoms with Crippen molar-refractivity contribution in [2.45, 2.75) is 43.8 Å². The van der Waals surface area contributed by atoms with E-state index in [2.05, 4.69) is 22.2 Å². The van der Waals surface area contributed by atoms with Crippen LogP contribution in [-0.4, -0.2) is 45.7 Å². The van der Waals surface area contributed by atoms with Gasteiger partial charge in [0.1, 0.15) is 0 Å². The standard InChI is InChI=1S/C16H20N4O2.ClH/c1-19-11-6-7-12(19)9-10(8-11)17-15(21)20-14-5-3-2-4-13(14)18-16(20)22;/h2-5,10-12H,6-9H2,1H3,(H,17,21)(H,18,22);1H/t10-,11+,12-;. The van der Waals surface area contributed by atoms with E-state index < -0.39 is 0 Å². The maximum Gasteiger partial charge on any atom is 0.334 e. The van der Waals surface area contributed by atoms with Crippen LogP contribution >= 0.6 is 12.4 Å². The number of hydrogen-bond donors (Lipinski definition) is 2. The van der Waals surface area contributed by atoms with Gasteiger partial charge in [0.15, 0.2) is 0 Å². The lowest BCUT2D eigenvalue weighted by atomic mass is 9.98. The summed E-state index contributed by atoms with van der Waals surface area (Å²) in [6, 6.07) is 8.21. The van der Waals surface area contributed by atoms with E-state index in [9.17, 15) is 9.59 Å². The Morgan fingerprint density at radius 1 is 1.22 bits per heavy atom. The van der Waals surface area contributed by atoms with E-state index in [4.69, 9.17) is 0 Å². The Kier molecular flexibility index (Phi) is 4.21. The number of nitrogens with one attached hydrogen (secondary N) is 2. The molecule has 0 aliphatic carbocycles. The van der Waals surface area contributed by atoms with E-state index in [0.29, 0.717) is 23.1 Å². The summed E-state index contributed by atoms with van der Waals surface area (Å²) >= 11 is 0. The van der Waals surface area contributed by atoms with E-state index in [-0.39, 0.29) is 30.2 Å². The minimum Gasteiger partial charge on any atom is -0.334 e. The lowest BCUT2D eigenvalue weighted by Crippen LogP contribution is -2.50. The summed E-state index contributed by atoms with van der Waals surface area (Å²) in [6.07, 6.45) is 4.35. The molecule has 124 valence electrons. The van der Waals surface area contributed by atoms with Gasteiger partial charge in [-0.2, -0.15) is 0 Å². The van der Waals surface area contributed by atoms with Gasteiger partial charge in [-0.1, -0.05) is 12.1 Å². The van der Waals surface area contributed by atoms with Gasteiger partial charge >= 0.3 is 11.7 Å². The molecule has 7 heteroatoms. The zero-order valence-electron chi connectivity index (χ0n) is 13.0. The van der Waals surface area contributed by atoms with Gasteiger partial charge < -0.3 is 15.2 Å². The molecular formula is C16H21ClN4O2. The van der Waals surface area contributed by atoms with Crippen molar-refractivity contribution in [2.75, 3.05) is 7.05 Å². The molecule has 0 saturated carbocycles. The SMILES string of the molecule is CN1[C@@H]2CC[C@H]1C[C@@H](NC(=O)n1c(=O)[nH]c3ccccc31)C2.Cl. The first-order chi connectivity index (χ1) is 10.6. The van der Waals surface area contributed by atoms with Crippen LogP contribution in [0.15, 0.2) is 29.1 Å². The maximum atomic E-state index is 12.5. The third kappa shape index (κ3) is 2.66. The lowest BCUT2D eigenvalue weighted by molar-refractivity contribution is 0.150. The summed E-state index contributed by atoms with van der Waals surface area (Å²) in [5.74, 6) is 0. The molecule has 1 aromatic carbocycles. The number of nitrogens with zero attached hydrogens (tertiary/aromatic N) is 2. The van der Waals surface area contributed by atoms with Crippen molar-refractivity contribution in [3.8, 4) is 0 Å². The molecule has 0 unspecified atom stereocenters. The summed E-state index contributed by atoms with van der Waals surface area (Å²) in [7, 11) is 2.17. The van der Waals surface area contributed by atoms with E-state index >= 15 is 0 Å². The third-order valence-electron chi connectivity index (χ3n) is 5.22. The first-order valence-electron chi connectivity index (χ1n) is 7.86. The second kappa shape index (κ2) is 6.02. The molecule has 2 aromatic rings. The average Bonchev–Trinajstić information content (AvgIpc) is 2.90. The summed E-state index contributed by atoms with van der Waals surface area (Å²) in [4.78, 5) is 29.7. The van der Waals surface area contributed by atoms with Crippen LogP contribution in [0.2, 0.25) is 0 Å². The Hall–Kier alpha value is -1.79. The van der Waals surface area contributed by atoms with Crippen molar-refractivity contribution in [3.05, 3.63) is 34.7 Å². The molecular weight excluding hydrogens is 316 g/mol. The number of aromatic nitrogens is 2. The molecule has 2 aliphatic rings. The van der Waals surface area contributed by atoms with Crippen molar-refractivity contribution in [1.82, 2.24) is 19.8 Å². The first kappa shape index (κ1) is 16.1. The van der Waals surface area contributed by atoms with Gasteiger partial charge in [0.25, 0.3) is 0 Å². The van der Waals surface area contributed by atoms with Crippen LogP contribution < -0.4 is 11.0 Å². The first-order valence-corrected chi connectivity index (χ1v) is 7.86. The number of hydrogen-bond acceptors (Lipinski definition) is 3. The minimum atomic E-state index is -0.380. The van der Waals surface area contributed by atoms with Crippen LogP contribution in [-0.2, 0) is 0 Å². The number of fused-ring (bicyclic) bond motifs is 3. The monoisotopic (exact) mass is 336 g/mol. The number of piperidine rings is 1. The van der Waals surface area contributed by atoms with Crippen molar-refractivity contribution < 1.29 is 4.79 Å². The number of carbonyl (C=O) groups excluding carboxylic acids is 1. The van der Waals surface area contributed by atoms with Crippen LogP contribution in [0.1, 0.15) is 25.7 Å².